The van der Waals surface area contributed by atoms with E-state index in [1.165, 1.54) is 23.8 Å². The highest BCUT2D eigenvalue weighted by Crippen LogP contribution is 2.28. The molecule has 1 N–H and O–H groups in total. The first kappa shape index (κ1) is 15.4. The molecular formula is C12H16N2O3S3. The van der Waals surface area contributed by atoms with Crippen LogP contribution in [0.3, 0.4) is 0 Å². The molecule has 5 nitrogen and oxygen atoms in total. The molecule has 0 fully saturated rings. The van der Waals surface area contributed by atoms with E-state index in [0.717, 1.165) is 10.1 Å². The Bertz CT molecular complexity index is 823. The Labute approximate surface area is 123 Å². The summed E-state index contributed by atoms with van der Waals surface area (Å²) in [5, 5.41) is 2.35. The van der Waals surface area contributed by atoms with Gasteiger partial charge >= 0.3 is 0 Å². The van der Waals surface area contributed by atoms with Gasteiger partial charge in [0.05, 0.1) is 6.54 Å². The van der Waals surface area contributed by atoms with Gasteiger partial charge in [-0.1, -0.05) is 18.2 Å². The Morgan fingerprint density at radius 2 is 1.90 bits per heavy atom. The van der Waals surface area contributed by atoms with E-state index in [1.807, 2.05) is 18.2 Å². The first-order valence-corrected chi connectivity index (χ1v) is 10.6. The fourth-order valence-electron chi connectivity index (χ4n) is 1.68. The summed E-state index contributed by atoms with van der Waals surface area (Å²) < 4.78 is 43.1. The number of fused-ring (bicyclic) bond motifs is 1. The van der Waals surface area contributed by atoms with Gasteiger partial charge in [0.25, 0.3) is 0 Å². The molecule has 2 rings (SSSR count). The molecule has 0 amide bonds. The molecule has 1 aromatic heterocycles. The first-order valence-electron chi connectivity index (χ1n) is 5.88. The van der Waals surface area contributed by atoms with Gasteiger partial charge in [-0.25, -0.2) is 17.5 Å². The molecule has 1 heterocycles. The maximum Gasteiger partial charge on any atom is 0.242 e. The van der Waals surface area contributed by atoms with Gasteiger partial charge in [0.1, 0.15) is 4.90 Å². The lowest BCUT2D eigenvalue weighted by Crippen LogP contribution is -2.26. The van der Waals surface area contributed by atoms with Crippen molar-refractivity contribution < 1.29 is 12.6 Å². The maximum atomic E-state index is 12.2. The molecule has 0 atom stereocenters. The number of benzene rings is 1. The molecule has 2 aromatic rings. The van der Waals surface area contributed by atoms with Gasteiger partial charge in [-0.05, 0) is 6.07 Å². The summed E-state index contributed by atoms with van der Waals surface area (Å²) in [5.74, 6) is 0. The molecule has 0 spiro atoms. The van der Waals surface area contributed by atoms with Crippen molar-refractivity contribution in [2.24, 2.45) is 4.36 Å². The number of nitrogens with one attached hydrogen (secondary N) is 1. The van der Waals surface area contributed by atoms with Crippen LogP contribution in [0.4, 0.5) is 0 Å². The van der Waals surface area contributed by atoms with Crippen molar-refractivity contribution in [1.29, 1.82) is 0 Å². The van der Waals surface area contributed by atoms with Gasteiger partial charge in [0.2, 0.25) is 10.0 Å². The van der Waals surface area contributed by atoms with Crippen molar-refractivity contribution in [3.05, 3.63) is 29.6 Å². The highest BCUT2D eigenvalue weighted by atomic mass is 32.2. The number of hydrogen-bond donors (Lipinski definition) is 1. The lowest BCUT2D eigenvalue weighted by molar-refractivity contribution is 0.583. The van der Waals surface area contributed by atoms with Crippen molar-refractivity contribution in [2.75, 3.05) is 25.6 Å². The quantitative estimate of drug-likeness (QED) is 0.850. The Balaban J connectivity index is 2.17. The van der Waals surface area contributed by atoms with E-state index in [4.69, 9.17) is 0 Å². The highest BCUT2D eigenvalue weighted by molar-refractivity contribution is 7.92. The second kappa shape index (κ2) is 5.80. The van der Waals surface area contributed by atoms with Crippen molar-refractivity contribution in [3.8, 4) is 0 Å². The van der Waals surface area contributed by atoms with Crippen LogP contribution in [-0.2, 0) is 19.8 Å². The summed E-state index contributed by atoms with van der Waals surface area (Å²) in [6, 6.07) is 7.36. The minimum absolute atomic E-state index is 0.144. The molecular weight excluding hydrogens is 316 g/mol. The van der Waals surface area contributed by atoms with Crippen LogP contribution in [0.25, 0.3) is 10.1 Å². The molecule has 0 aliphatic rings. The summed E-state index contributed by atoms with van der Waals surface area (Å²) in [6.45, 7) is 0.346. The van der Waals surface area contributed by atoms with Crippen LogP contribution in [0.2, 0.25) is 0 Å². The number of nitrogens with zero attached hydrogens (tertiary/aromatic N) is 1. The number of thiophene rings is 1. The average molecular weight is 332 g/mol. The van der Waals surface area contributed by atoms with Gasteiger partial charge < -0.3 is 0 Å². The van der Waals surface area contributed by atoms with Crippen molar-refractivity contribution in [2.45, 2.75) is 4.90 Å². The summed E-state index contributed by atoms with van der Waals surface area (Å²) in [7, 11) is -5.74. The maximum absolute atomic E-state index is 12.2. The minimum atomic E-state index is -3.55. The SMILES string of the molecule is CS(C)(=O)=NCCNS(=O)(=O)c1csc2ccccc12. The van der Waals surface area contributed by atoms with E-state index < -0.39 is 19.8 Å². The van der Waals surface area contributed by atoms with E-state index in [1.54, 1.807) is 11.4 Å². The fourth-order valence-corrected chi connectivity index (χ4v) is 4.74. The molecule has 1 aromatic carbocycles. The standard InChI is InChI=1S/C12H16N2O3S3/c1-19(2,15)13-7-8-14-20(16,17)12-9-18-11-6-4-3-5-10(11)12/h3-6,9,14H,7-8H2,1-2H3. The number of hydrogen-bond acceptors (Lipinski definition) is 5. The van der Waals surface area contributed by atoms with Gasteiger partial charge in [0.15, 0.2) is 0 Å². The molecule has 0 unspecified atom stereocenters. The first-order chi connectivity index (χ1) is 9.30. The van der Waals surface area contributed by atoms with Gasteiger partial charge in [-0.15, -0.1) is 11.3 Å². The second-order valence-electron chi connectivity index (χ2n) is 4.53. The van der Waals surface area contributed by atoms with E-state index in [9.17, 15) is 12.6 Å². The Morgan fingerprint density at radius 3 is 2.60 bits per heavy atom. The Kier molecular flexibility index (Phi) is 4.48. The monoisotopic (exact) mass is 332 g/mol. The molecule has 0 radical (unpaired) electrons. The molecule has 0 aliphatic heterocycles. The van der Waals surface area contributed by atoms with Crippen molar-refractivity contribution in [3.63, 3.8) is 0 Å². The molecule has 0 saturated carbocycles. The van der Waals surface area contributed by atoms with Crippen molar-refractivity contribution in [1.82, 2.24) is 4.72 Å². The van der Waals surface area contributed by atoms with Crippen LogP contribution in [-0.4, -0.2) is 38.2 Å². The summed E-state index contributed by atoms with van der Waals surface area (Å²) in [5.41, 5.74) is 0. The summed E-state index contributed by atoms with van der Waals surface area (Å²) >= 11 is 1.40. The normalized spacial score (nSPS) is 12.7. The van der Waals surface area contributed by atoms with E-state index in [2.05, 4.69) is 9.08 Å². The molecule has 8 heteroatoms. The fraction of sp³-hybridized carbons (Fsp3) is 0.333. The van der Waals surface area contributed by atoms with E-state index >= 15 is 0 Å². The summed E-state index contributed by atoms with van der Waals surface area (Å²) in [4.78, 5) is 0.284. The molecule has 0 saturated heterocycles. The zero-order valence-corrected chi connectivity index (χ0v) is 13.6. The van der Waals surface area contributed by atoms with Crippen LogP contribution in [0.5, 0.6) is 0 Å². The van der Waals surface area contributed by atoms with Gasteiger partial charge in [0, 0.05) is 44.3 Å². The molecule has 110 valence electrons. The number of sulfonamides is 1. The largest absolute Gasteiger partial charge is 0.250 e. The zero-order chi connectivity index (χ0) is 14.8. The predicted molar refractivity (Wildman–Crippen MR) is 84.3 cm³/mol. The van der Waals surface area contributed by atoms with Crippen LogP contribution in [0, 0.1) is 0 Å². The Hall–Kier alpha value is -0.960. The third-order valence-corrected chi connectivity index (χ3v) is 5.96. The molecule has 20 heavy (non-hydrogen) atoms. The third kappa shape index (κ3) is 3.78. The summed E-state index contributed by atoms with van der Waals surface area (Å²) in [6.07, 6.45) is 3.04. The Morgan fingerprint density at radius 1 is 1.20 bits per heavy atom. The minimum Gasteiger partial charge on any atom is -0.250 e. The molecule has 0 aliphatic carbocycles. The lowest BCUT2D eigenvalue weighted by Gasteiger charge is -2.04. The number of rotatable bonds is 5. The van der Waals surface area contributed by atoms with Crippen LogP contribution in [0.15, 0.2) is 38.9 Å². The van der Waals surface area contributed by atoms with Crippen LogP contribution < -0.4 is 4.72 Å². The predicted octanol–water partition coefficient (Wildman–Crippen LogP) is 1.91. The smallest absolute Gasteiger partial charge is 0.242 e. The lowest BCUT2D eigenvalue weighted by atomic mass is 10.3. The van der Waals surface area contributed by atoms with Crippen LogP contribution in [0.1, 0.15) is 0 Å². The van der Waals surface area contributed by atoms with E-state index in [0.29, 0.717) is 0 Å². The topological polar surface area (TPSA) is 75.6 Å². The van der Waals surface area contributed by atoms with Crippen molar-refractivity contribution >= 4 is 41.2 Å². The average Bonchev–Trinajstić information content (AvgIpc) is 2.78. The van der Waals surface area contributed by atoms with Gasteiger partial charge in [-0.2, -0.15) is 0 Å². The van der Waals surface area contributed by atoms with Gasteiger partial charge in [-0.3, -0.25) is 4.21 Å². The third-order valence-electron chi connectivity index (χ3n) is 2.54. The zero-order valence-electron chi connectivity index (χ0n) is 11.2. The van der Waals surface area contributed by atoms with E-state index in [-0.39, 0.29) is 18.0 Å². The molecule has 0 bridgehead atoms. The highest BCUT2D eigenvalue weighted by Gasteiger charge is 2.18. The van der Waals surface area contributed by atoms with Crippen LogP contribution >= 0.6 is 11.3 Å². The second-order valence-corrected chi connectivity index (χ2v) is 9.80.